The van der Waals surface area contributed by atoms with Gasteiger partial charge in [0.05, 0.1) is 17.7 Å². The molecular formula is C29H33Cl2N3O5S. The first-order valence-corrected chi connectivity index (χ1v) is 15.0. The Bertz CT molecular complexity index is 1430. The summed E-state index contributed by atoms with van der Waals surface area (Å²) in [5.41, 5.74) is 1.71. The van der Waals surface area contributed by atoms with Crippen LogP contribution in [-0.4, -0.2) is 51.4 Å². The van der Waals surface area contributed by atoms with Gasteiger partial charge in [0.2, 0.25) is 11.8 Å². The summed E-state index contributed by atoms with van der Waals surface area (Å²) in [6, 6.07) is 16.9. The smallest absolute Gasteiger partial charge is 0.264 e. The Morgan fingerprint density at radius 2 is 1.57 bits per heavy atom. The lowest BCUT2D eigenvalue weighted by atomic mass is 10.1. The zero-order valence-corrected chi connectivity index (χ0v) is 25.2. The fourth-order valence-electron chi connectivity index (χ4n) is 4.21. The van der Waals surface area contributed by atoms with Crippen LogP contribution in [0.4, 0.5) is 5.69 Å². The molecule has 0 aromatic heterocycles. The molecule has 3 rings (SSSR count). The first-order valence-electron chi connectivity index (χ1n) is 12.8. The maximum absolute atomic E-state index is 14.1. The van der Waals surface area contributed by atoms with E-state index in [1.807, 2.05) is 6.92 Å². The lowest BCUT2D eigenvalue weighted by molar-refractivity contribution is -0.140. The predicted octanol–water partition coefficient (Wildman–Crippen LogP) is 5.45. The number of benzene rings is 3. The topological polar surface area (TPSA) is 96.0 Å². The predicted molar refractivity (Wildman–Crippen MR) is 158 cm³/mol. The maximum atomic E-state index is 14.1. The molecule has 0 heterocycles. The number of aryl methyl sites for hydroxylation is 1. The van der Waals surface area contributed by atoms with E-state index >= 15 is 0 Å². The third-order valence-corrected chi connectivity index (χ3v) is 8.56. The Morgan fingerprint density at radius 3 is 2.15 bits per heavy atom. The van der Waals surface area contributed by atoms with Crippen molar-refractivity contribution in [2.75, 3.05) is 24.5 Å². The number of nitrogens with zero attached hydrogens (tertiary/aromatic N) is 2. The number of halogens is 2. The highest BCUT2D eigenvalue weighted by Crippen LogP contribution is 2.35. The number of sulfonamides is 1. The molecule has 40 heavy (non-hydrogen) atoms. The molecule has 0 aliphatic carbocycles. The number of hydrogen-bond acceptors (Lipinski definition) is 5. The molecule has 0 radical (unpaired) electrons. The largest absolute Gasteiger partial charge is 0.495 e. The van der Waals surface area contributed by atoms with E-state index in [-0.39, 0.29) is 33.8 Å². The van der Waals surface area contributed by atoms with Crippen LogP contribution >= 0.6 is 23.2 Å². The summed E-state index contributed by atoms with van der Waals surface area (Å²) in [6.07, 6.45) is 0.316. The first-order chi connectivity index (χ1) is 19.0. The van der Waals surface area contributed by atoms with Gasteiger partial charge in [-0.15, -0.1) is 0 Å². The van der Waals surface area contributed by atoms with Crippen molar-refractivity contribution in [2.24, 2.45) is 0 Å². The summed E-state index contributed by atoms with van der Waals surface area (Å²) < 4.78 is 34.5. The van der Waals surface area contributed by atoms with Crippen molar-refractivity contribution in [1.29, 1.82) is 0 Å². The second-order valence-electron chi connectivity index (χ2n) is 9.11. The fraction of sp³-hybridized carbons (Fsp3) is 0.310. The highest BCUT2D eigenvalue weighted by molar-refractivity contribution is 7.92. The molecule has 0 saturated heterocycles. The second kappa shape index (κ2) is 13.9. The van der Waals surface area contributed by atoms with E-state index in [1.165, 1.54) is 36.3 Å². The van der Waals surface area contributed by atoms with Crippen LogP contribution in [0.3, 0.4) is 0 Å². The number of amides is 2. The summed E-state index contributed by atoms with van der Waals surface area (Å²) in [6.45, 7) is 5.28. The molecule has 0 aliphatic heterocycles. The minimum Gasteiger partial charge on any atom is -0.495 e. The van der Waals surface area contributed by atoms with Crippen molar-refractivity contribution >= 4 is 50.7 Å². The minimum atomic E-state index is -4.26. The van der Waals surface area contributed by atoms with Gasteiger partial charge in [0, 0.05) is 23.1 Å². The van der Waals surface area contributed by atoms with Gasteiger partial charge in [-0.05, 0) is 68.3 Å². The number of nitrogens with one attached hydrogen (secondary N) is 1. The molecule has 3 aromatic rings. The SMILES string of the molecule is CCNC(=O)[C@H](CC)N(Cc1ccc(Cl)cc1)C(=O)CN(c1cc(Cl)ccc1OC)S(=O)(=O)c1ccc(C)cc1. The van der Waals surface area contributed by atoms with Crippen molar-refractivity contribution in [3.63, 3.8) is 0 Å². The second-order valence-corrected chi connectivity index (χ2v) is 11.8. The van der Waals surface area contributed by atoms with Crippen LogP contribution in [0.5, 0.6) is 5.75 Å². The molecule has 11 heteroatoms. The van der Waals surface area contributed by atoms with Gasteiger partial charge in [-0.2, -0.15) is 0 Å². The number of carbonyl (C=O) groups excluding carboxylic acids is 2. The van der Waals surface area contributed by atoms with Crippen LogP contribution in [0.25, 0.3) is 0 Å². The maximum Gasteiger partial charge on any atom is 0.264 e. The van der Waals surface area contributed by atoms with Crippen LogP contribution < -0.4 is 14.4 Å². The standard InChI is InChI=1S/C29H33Cl2N3O5S/c1-5-25(29(36)32-6-2)33(18-21-9-11-22(30)12-10-21)28(35)19-34(26-17-23(31)13-16-27(26)39-4)40(37,38)24-14-7-20(3)8-15-24/h7-17,25H,5-6,18-19H2,1-4H3,(H,32,36)/t25-/m0/s1. The average molecular weight is 607 g/mol. The van der Waals surface area contributed by atoms with Gasteiger partial charge in [0.25, 0.3) is 10.0 Å². The van der Waals surface area contributed by atoms with Gasteiger partial charge < -0.3 is 15.0 Å². The molecule has 8 nitrogen and oxygen atoms in total. The lowest BCUT2D eigenvalue weighted by Crippen LogP contribution is -2.52. The third-order valence-electron chi connectivity index (χ3n) is 6.30. The average Bonchev–Trinajstić information content (AvgIpc) is 2.92. The number of ether oxygens (including phenoxy) is 1. The summed E-state index contributed by atoms with van der Waals surface area (Å²) in [5.74, 6) is -0.695. The van der Waals surface area contributed by atoms with E-state index in [4.69, 9.17) is 27.9 Å². The van der Waals surface area contributed by atoms with Gasteiger partial charge in [-0.1, -0.05) is 60.0 Å². The molecule has 0 unspecified atom stereocenters. The van der Waals surface area contributed by atoms with E-state index in [0.29, 0.717) is 18.0 Å². The molecule has 1 atom stereocenters. The molecule has 214 valence electrons. The Labute approximate surface area is 245 Å². The van der Waals surface area contributed by atoms with Crippen LogP contribution in [0.2, 0.25) is 10.0 Å². The van der Waals surface area contributed by atoms with Crippen LogP contribution in [0.15, 0.2) is 71.6 Å². The van der Waals surface area contributed by atoms with Crippen molar-refractivity contribution in [2.45, 2.75) is 44.7 Å². The van der Waals surface area contributed by atoms with Gasteiger partial charge in [0.1, 0.15) is 18.3 Å². The molecule has 0 saturated carbocycles. The molecule has 0 bridgehead atoms. The summed E-state index contributed by atoms with van der Waals surface area (Å²) in [7, 11) is -2.86. The number of methoxy groups -OCH3 is 1. The highest BCUT2D eigenvalue weighted by Gasteiger charge is 2.34. The lowest BCUT2D eigenvalue weighted by Gasteiger charge is -2.33. The first kappa shape index (κ1) is 31.3. The monoisotopic (exact) mass is 605 g/mol. The number of likely N-dealkylation sites (N-methyl/N-ethyl adjacent to an activating group) is 1. The Morgan fingerprint density at radius 1 is 0.950 bits per heavy atom. The number of anilines is 1. The molecular weight excluding hydrogens is 573 g/mol. The molecule has 1 N–H and O–H groups in total. The number of carbonyl (C=O) groups is 2. The van der Waals surface area contributed by atoms with Gasteiger partial charge in [-0.25, -0.2) is 8.42 Å². The van der Waals surface area contributed by atoms with E-state index in [2.05, 4.69) is 5.32 Å². The Kier molecular flexibility index (Phi) is 10.8. The van der Waals surface area contributed by atoms with Gasteiger partial charge in [0.15, 0.2) is 0 Å². The summed E-state index contributed by atoms with van der Waals surface area (Å²) in [5, 5.41) is 3.57. The molecule has 2 amide bonds. The summed E-state index contributed by atoms with van der Waals surface area (Å²) >= 11 is 12.3. The quantitative estimate of drug-likeness (QED) is 0.296. The molecule has 0 fully saturated rings. The van der Waals surface area contributed by atoms with Crippen molar-refractivity contribution in [3.05, 3.63) is 87.9 Å². The molecule has 0 spiro atoms. The fourth-order valence-corrected chi connectivity index (χ4v) is 5.92. The van der Waals surface area contributed by atoms with E-state index in [9.17, 15) is 18.0 Å². The minimum absolute atomic E-state index is 0.00653. The van der Waals surface area contributed by atoms with Crippen molar-refractivity contribution < 1.29 is 22.7 Å². The van der Waals surface area contributed by atoms with Crippen LogP contribution in [-0.2, 0) is 26.2 Å². The van der Waals surface area contributed by atoms with Crippen molar-refractivity contribution in [3.8, 4) is 5.75 Å². The Hall–Kier alpha value is -3.27. The van der Waals surface area contributed by atoms with E-state index < -0.39 is 28.5 Å². The van der Waals surface area contributed by atoms with E-state index in [1.54, 1.807) is 56.3 Å². The zero-order valence-electron chi connectivity index (χ0n) is 22.9. The highest BCUT2D eigenvalue weighted by atomic mass is 35.5. The number of hydrogen-bond donors (Lipinski definition) is 1. The van der Waals surface area contributed by atoms with E-state index in [0.717, 1.165) is 15.4 Å². The zero-order chi connectivity index (χ0) is 29.4. The van der Waals surface area contributed by atoms with Gasteiger partial charge in [-0.3, -0.25) is 13.9 Å². The van der Waals surface area contributed by atoms with Gasteiger partial charge >= 0.3 is 0 Å². The third kappa shape index (κ3) is 7.47. The van der Waals surface area contributed by atoms with Crippen molar-refractivity contribution in [1.82, 2.24) is 10.2 Å². The summed E-state index contributed by atoms with van der Waals surface area (Å²) in [4.78, 5) is 28.5. The molecule has 3 aromatic carbocycles. The van der Waals surface area contributed by atoms with Crippen LogP contribution in [0.1, 0.15) is 31.4 Å². The van der Waals surface area contributed by atoms with Crippen LogP contribution in [0, 0.1) is 6.92 Å². The normalized spacial score (nSPS) is 11.9. The number of rotatable bonds is 12. The molecule has 0 aliphatic rings. The Balaban J connectivity index is 2.12.